The van der Waals surface area contributed by atoms with E-state index in [-0.39, 0.29) is 30.0 Å². The van der Waals surface area contributed by atoms with Gasteiger partial charge in [0.05, 0.1) is 23.7 Å². The molecule has 0 spiro atoms. The van der Waals surface area contributed by atoms with Gasteiger partial charge in [-0.2, -0.15) is 5.10 Å². The third kappa shape index (κ3) is 3.34. The van der Waals surface area contributed by atoms with Crippen molar-refractivity contribution in [3.8, 4) is 0 Å². The molecule has 2 aromatic heterocycles. The molecule has 0 saturated carbocycles. The molecule has 9 heteroatoms. The number of hydrogen-bond acceptors (Lipinski definition) is 4. The number of anilines is 1. The van der Waals surface area contributed by atoms with Crippen LogP contribution in [0, 0.1) is 0 Å². The first-order valence-corrected chi connectivity index (χ1v) is 10.4. The van der Waals surface area contributed by atoms with E-state index in [1.165, 1.54) is 0 Å². The Kier molecular flexibility index (Phi) is 4.24. The molecule has 0 aliphatic carbocycles. The molecule has 3 heterocycles. The molecule has 1 N–H and O–H groups in total. The van der Waals surface area contributed by atoms with Gasteiger partial charge in [0.15, 0.2) is 9.84 Å². The Hall–Kier alpha value is -2.32. The van der Waals surface area contributed by atoms with Crippen molar-refractivity contribution in [2.75, 3.05) is 16.8 Å². The molecule has 4 rings (SSSR count). The molecule has 1 amide bonds. The van der Waals surface area contributed by atoms with Crippen molar-refractivity contribution in [2.24, 2.45) is 0 Å². The summed E-state index contributed by atoms with van der Waals surface area (Å²) in [6, 6.07) is 8.89. The Morgan fingerprint density at radius 1 is 1.31 bits per heavy atom. The van der Waals surface area contributed by atoms with Crippen LogP contribution in [0.3, 0.4) is 0 Å². The molecule has 1 atom stereocenters. The molecule has 1 aromatic carbocycles. The number of aromatic nitrogens is 3. The van der Waals surface area contributed by atoms with Crippen LogP contribution in [0.25, 0.3) is 10.9 Å². The standard InChI is InChI=1S/C17H17ClN4O3S/c18-13-2-1-12-4-7-21(15(12)9-13)10-17(23)20-16-3-6-19-22(16)14-5-8-26(24,25)11-14/h1-4,6-7,9,14H,5,8,10-11H2,(H,20,23)/t14-/m1/s1. The van der Waals surface area contributed by atoms with Gasteiger partial charge in [0.1, 0.15) is 12.4 Å². The lowest BCUT2D eigenvalue weighted by Crippen LogP contribution is -2.22. The molecule has 3 aromatic rings. The van der Waals surface area contributed by atoms with E-state index in [2.05, 4.69) is 10.4 Å². The molecule has 0 bridgehead atoms. The Morgan fingerprint density at radius 3 is 2.92 bits per heavy atom. The summed E-state index contributed by atoms with van der Waals surface area (Å²) in [6.07, 6.45) is 3.90. The van der Waals surface area contributed by atoms with Crippen molar-refractivity contribution >= 4 is 44.1 Å². The van der Waals surface area contributed by atoms with Gasteiger partial charge in [-0.25, -0.2) is 13.1 Å². The van der Waals surface area contributed by atoms with Gasteiger partial charge in [0, 0.05) is 22.8 Å². The SMILES string of the molecule is O=C(Cn1ccc2ccc(Cl)cc21)Nc1ccnn1[C@@H]1CCS(=O)(=O)C1. The number of hydrogen-bond donors (Lipinski definition) is 1. The van der Waals surface area contributed by atoms with E-state index < -0.39 is 9.84 Å². The van der Waals surface area contributed by atoms with E-state index in [0.29, 0.717) is 17.3 Å². The van der Waals surface area contributed by atoms with Crippen LogP contribution in [-0.4, -0.2) is 40.2 Å². The normalized spacial score (nSPS) is 19.0. The highest BCUT2D eigenvalue weighted by Crippen LogP contribution is 2.26. The van der Waals surface area contributed by atoms with Crippen molar-refractivity contribution in [3.63, 3.8) is 0 Å². The molecule has 1 saturated heterocycles. The van der Waals surface area contributed by atoms with Gasteiger partial charge in [0.25, 0.3) is 0 Å². The maximum absolute atomic E-state index is 12.5. The van der Waals surface area contributed by atoms with Crippen LogP contribution in [0.1, 0.15) is 12.5 Å². The van der Waals surface area contributed by atoms with Crippen molar-refractivity contribution in [1.82, 2.24) is 14.3 Å². The number of carbonyl (C=O) groups is 1. The van der Waals surface area contributed by atoms with E-state index in [0.717, 1.165) is 10.9 Å². The third-order valence-electron chi connectivity index (χ3n) is 4.54. The van der Waals surface area contributed by atoms with Gasteiger partial charge in [-0.1, -0.05) is 17.7 Å². The quantitative estimate of drug-likeness (QED) is 0.739. The first-order valence-electron chi connectivity index (χ1n) is 8.19. The number of halogens is 1. The highest BCUT2D eigenvalue weighted by Gasteiger charge is 2.31. The maximum atomic E-state index is 12.5. The highest BCUT2D eigenvalue weighted by atomic mass is 35.5. The number of benzene rings is 1. The fraction of sp³-hybridized carbons (Fsp3) is 0.294. The Balaban J connectivity index is 1.51. The summed E-state index contributed by atoms with van der Waals surface area (Å²) in [6.45, 7) is 0.123. The molecule has 26 heavy (non-hydrogen) atoms. The Labute approximate surface area is 155 Å². The molecule has 7 nitrogen and oxygen atoms in total. The summed E-state index contributed by atoms with van der Waals surface area (Å²) in [5.41, 5.74) is 0.878. The first kappa shape index (κ1) is 17.1. The van der Waals surface area contributed by atoms with Crippen LogP contribution >= 0.6 is 11.6 Å². The van der Waals surface area contributed by atoms with Crippen molar-refractivity contribution in [1.29, 1.82) is 0 Å². The lowest BCUT2D eigenvalue weighted by atomic mass is 10.2. The number of carbonyl (C=O) groups excluding carboxylic acids is 1. The summed E-state index contributed by atoms with van der Waals surface area (Å²) in [5, 5.41) is 8.63. The number of sulfone groups is 1. The third-order valence-corrected chi connectivity index (χ3v) is 6.53. The van der Waals surface area contributed by atoms with Crippen LogP contribution in [0.5, 0.6) is 0 Å². The van der Waals surface area contributed by atoms with Gasteiger partial charge in [0.2, 0.25) is 5.91 Å². The lowest BCUT2D eigenvalue weighted by molar-refractivity contribution is -0.116. The predicted molar refractivity (Wildman–Crippen MR) is 100 cm³/mol. The zero-order valence-corrected chi connectivity index (χ0v) is 15.4. The second-order valence-electron chi connectivity index (χ2n) is 6.41. The molecule has 0 radical (unpaired) electrons. The molecular weight excluding hydrogens is 376 g/mol. The minimum absolute atomic E-state index is 0.0539. The van der Waals surface area contributed by atoms with Gasteiger partial charge < -0.3 is 9.88 Å². The monoisotopic (exact) mass is 392 g/mol. The molecular formula is C17H17ClN4O3S. The van der Waals surface area contributed by atoms with Crippen LogP contribution < -0.4 is 5.32 Å². The molecule has 1 aliphatic heterocycles. The highest BCUT2D eigenvalue weighted by molar-refractivity contribution is 7.91. The zero-order chi connectivity index (χ0) is 18.3. The second-order valence-corrected chi connectivity index (χ2v) is 9.08. The Morgan fingerprint density at radius 2 is 2.15 bits per heavy atom. The van der Waals surface area contributed by atoms with Crippen molar-refractivity contribution < 1.29 is 13.2 Å². The van der Waals surface area contributed by atoms with Crippen molar-refractivity contribution in [2.45, 2.75) is 19.0 Å². The number of rotatable bonds is 4. The molecule has 1 aliphatic rings. The van der Waals surface area contributed by atoms with E-state index in [4.69, 9.17) is 11.6 Å². The predicted octanol–water partition coefficient (Wildman–Crippen LogP) is 2.49. The average molecular weight is 393 g/mol. The fourth-order valence-corrected chi connectivity index (χ4v) is 5.16. The molecule has 0 unspecified atom stereocenters. The minimum Gasteiger partial charge on any atom is -0.338 e. The molecule has 1 fully saturated rings. The van der Waals surface area contributed by atoms with Crippen LogP contribution in [0.2, 0.25) is 5.02 Å². The number of nitrogens with one attached hydrogen (secondary N) is 1. The van der Waals surface area contributed by atoms with Crippen LogP contribution in [0.4, 0.5) is 5.82 Å². The largest absolute Gasteiger partial charge is 0.338 e. The number of nitrogens with zero attached hydrogens (tertiary/aromatic N) is 3. The van der Waals surface area contributed by atoms with E-state index in [1.807, 2.05) is 35.0 Å². The first-order chi connectivity index (χ1) is 12.4. The topological polar surface area (TPSA) is 86.0 Å². The summed E-state index contributed by atoms with van der Waals surface area (Å²) < 4.78 is 26.8. The average Bonchev–Trinajstić information content (AvgIpc) is 3.27. The lowest BCUT2D eigenvalue weighted by Gasteiger charge is -2.14. The van der Waals surface area contributed by atoms with Gasteiger partial charge in [-0.15, -0.1) is 0 Å². The van der Waals surface area contributed by atoms with E-state index in [1.54, 1.807) is 16.9 Å². The summed E-state index contributed by atoms with van der Waals surface area (Å²) in [4.78, 5) is 12.5. The maximum Gasteiger partial charge on any atom is 0.245 e. The van der Waals surface area contributed by atoms with Gasteiger partial charge in [-0.3, -0.25) is 4.79 Å². The smallest absolute Gasteiger partial charge is 0.245 e. The van der Waals surface area contributed by atoms with Crippen LogP contribution in [-0.2, 0) is 21.2 Å². The van der Waals surface area contributed by atoms with Crippen molar-refractivity contribution in [3.05, 3.63) is 47.7 Å². The fourth-order valence-electron chi connectivity index (χ4n) is 3.30. The van der Waals surface area contributed by atoms with E-state index >= 15 is 0 Å². The van der Waals surface area contributed by atoms with E-state index in [9.17, 15) is 13.2 Å². The number of fused-ring (bicyclic) bond motifs is 1. The molecule has 136 valence electrons. The second kappa shape index (κ2) is 6.44. The minimum atomic E-state index is -3.03. The Bertz CT molecular complexity index is 1090. The summed E-state index contributed by atoms with van der Waals surface area (Å²) >= 11 is 6.04. The van der Waals surface area contributed by atoms with Gasteiger partial charge in [-0.05, 0) is 30.0 Å². The zero-order valence-electron chi connectivity index (χ0n) is 13.8. The summed E-state index contributed by atoms with van der Waals surface area (Å²) in [7, 11) is -3.03. The van der Waals surface area contributed by atoms with Crippen LogP contribution in [0.15, 0.2) is 42.7 Å². The summed E-state index contributed by atoms with van der Waals surface area (Å²) in [5.74, 6) is 0.496. The number of amides is 1. The van der Waals surface area contributed by atoms with Gasteiger partial charge >= 0.3 is 0 Å².